The molecular formula is C16H19NO. The molecule has 0 saturated heterocycles. The number of anilines is 1. The van der Waals surface area contributed by atoms with Crippen molar-refractivity contribution in [2.24, 2.45) is 17.8 Å². The number of carbonyl (C=O) groups is 1. The maximum atomic E-state index is 12.5. The second-order valence-corrected chi connectivity index (χ2v) is 6.12. The van der Waals surface area contributed by atoms with Gasteiger partial charge in [0.2, 0.25) is 5.91 Å². The van der Waals surface area contributed by atoms with Gasteiger partial charge in [-0.05, 0) is 36.3 Å². The Balaban J connectivity index is 1.81. The summed E-state index contributed by atoms with van der Waals surface area (Å²) in [5.41, 5.74) is 2.57. The molecule has 2 nitrogen and oxygen atoms in total. The van der Waals surface area contributed by atoms with Gasteiger partial charge in [0.1, 0.15) is 0 Å². The summed E-state index contributed by atoms with van der Waals surface area (Å²) >= 11 is 0. The molecule has 2 fully saturated rings. The first-order valence-electron chi connectivity index (χ1n) is 7.15. The second kappa shape index (κ2) is 3.59. The highest BCUT2D eigenvalue weighted by Gasteiger charge is 2.57. The zero-order valence-corrected chi connectivity index (χ0v) is 10.8. The van der Waals surface area contributed by atoms with Gasteiger partial charge in [-0.3, -0.25) is 4.79 Å². The van der Waals surface area contributed by atoms with Crippen LogP contribution in [0.25, 0.3) is 0 Å². The van der Waals surface area contributed by atoms with Gasteiger partial charge in [-0.25, -0.2) is 0 Å². The fraction of sp³-hybridized carbons (Fsp3) is 0.562. The molecule has 1 aromatic rings. The molecule has 2 aliphatic carbocycles. The number of amides is 1. The Labute approximate surface area is 108 Å². The summed E-state index contributed by atoms with van der Waals surface area (Å²) in [4.78, 5) is 14.4. The number of benzene rings is 1. The Kier molecular flexibility index (Phi) is 2.12. The molecule has 94 valence electrons. The lowest BCUT2D eigenvalue weighted by molar-refractivity contribution is -0.136. The topological polar surface area (TPSA) is 20.3 Å². The van der Waals surface area contributed by atoms with Gasteiger partial charge in [-0.1, -0.05) is 31.0 Å². The minimum atomic E-state index is 0.287. The Morgan fingerprint density at radius 3 is 2.50 bits per heavy atom. The highest BCUT2D eigenvalue weighted by Crippen LogP contribution is 2.62. The molecule has 2 heteroatoms. The zero-order chi connectivity index (χ0) is 12.3. The van der Waals surface area contributed by atoms with Crippen LogP contribution in [-0.4, -0.2) is 13.0 Å². The Morgan fingerprint density at radius 1 is 1.06 bits per heavy atom. The van der Waals surface area contributed by atoms with E-state index < -0.39 is 0 Å². The van der Waals surface area contributed by atoms with Crippen LogP contribution in [-0.2, 0) is 4.79 Å². The maximum absolute atomic E-state index is 12.5. The minimum Gasteiger partial charge on any atom is -0.315 e. The number of nitrogens with zero attached hydrogens (tertiary/aromatic N) is 1. The van der Waals surface area contributed by atoms with Crippen molar-refractivity contribution < 1.29 is 4.79 Å². The summed E-state index contributed by atoms with van der Waals surface area (Å²) in [6.07, 6.45) is 5.28. The molecule has 2 saturated carbocycles. The van der Waals surface area contributed by atoms with E-state index in [2.05, 4.69) is 18.2 Å². The largest absolute Gasteiger partial charge is 0.315 e. The third kappa shape index (κ3) is 1.16. The number of para-hydroxylation sites is 1. The quantitative estimate of drug-likeness (QED) is 0.683. The lowest BCUT2D eigenvalue weighted by Crippen LogP contribution is -2.57. The fourth-order valence-corrected chi connectivity index (χ4v) is 4.65. The molecule has 0 radical (unpaired) electrons. The van der Waals surface area contributed by atoms with Gasteiger partial charge in [0, 0.05) is 24.6 Å². The Hall–Kier alpha value is -1.31. The molecule has 0 bridgehead atoms. The van der Waals surface area contributed by atoms with Gasteiger partial charge >= 0.3 is 0 Å². The number of carbonyl (C=O) groups excluding carboxylic acids is 1. The van der Waals surface area contributed by atoms with Crippen molar-refractivity contribution in [3.05, 3.63) is 29.8 Å². The van der Waals surface area contributed by atoms with Crippen LogP contribution in [0.5, 0.6) is 0 Å². The number of rotatable bonds is 0. The van der Waals surface area contributed by atoms with Crippen LogP contribution in [0.15, 0.2) is 24.3 Å². The van der Waals surface area contributed by atoms with E-state index in [0.717, 1.165) is 11.6 Å². The SMILES string of the molecule is CN1C(=O)[C@@H]2C(c3ccccc31)[C@H]1CCCC[C@H]12. The van der Waals surface area contributed by atoms with E-state index in [4.69, 9.17) is 0 Å². The molecule has 18 heavy (non-hydrogen) atoms. The summed E-state index contributed by atoms with van der Waals surface area (Å²) < 4.78 is 0. The molecular weight excluding hydrogens is 222 g/mol. The molecule has 0 aromatic heterocycles. The van der Waals surface area contributed by atoms with Crippen LogP contribution in [0.4, 0.5) is 5.69 Å². The lowest BCUT2D eigenvalue weighted by atomic mass is 9.48. The normalized spacial score (nSPS) is 37.4. The zero-order valence-electron chi connectivity index (χ0n) is 10.8. The molecule has 0 N–H and O–H groups in total. The van der Waals surface area contributed by atoms with Crippen molar-refractivity contribution in [2.75, 3.05) is 11.9 Å². The standard InChI is InChI=1S/C16H19NO/c1-17-13-9-5-4-8-12(13)14-10-6-2-3-7-11(10)15(14)16(17)18/h4-5,8-11,14-15H,2-3,6-7H2,1H3/t10-,11+,14?,15-/m0/s1. The predicted molar refractivity (Wildman–Crippen MR) is 71.5 cm³/mol. The molecule has 1 amide bonds. The van der Waals surface area contributed by atoms with Crippen molar-refractivity contribution in [1.29, 1.82) is 0 Å². The molecule has 1 unspecified atom stereocenters. The van der Waals surface area contributed by atoms with Crippen LogP contribution in [0.2, 0.25) is 0 Å². The Morgan fingerprint density at radius 2 is 1.72 bits per heavy atom. The van der Waals surface area contributed by atoms with Crippen LogP contribution >= 0.6 is 0 Å². The van der Waals surface area contributed by atoms with E-state index in [1.54, 1.807) is 0 Å². The first kappa shape index (κ1) is 10.6. The molecule has 1 aromatic carbocycles. The van der Waals surface area contributed by atoms with Gasteiger partial charge in [0.25, 0.3) is 0 Å². The first-order chi connectivity index (χ1) is 8.79. The molecule has 1 heterocycles. The minimum absolute atomic E-state index is 0.287. The number of hydrogen-bond donors (Lipinski definition) is 0. The van der Waals surface area contributed by atoms with Crippen LogP contribution < -0.4 is 4.90 Å². The van der Waals surface area contributed by atoms with Gasteiger partial charge < -0.3 is 4.90 Å². The van der Waals surface area contributed by atoms with Gasteiger partial charge in [0.05, 0.1) is 0 Å². The molecule has 1 aliphatic heterocycles. The number of fused-ring (bicyclic) bond motifs is 6. The third-order valence-corrected chi connectivity index (χ3v) is 5.46. The monoisotopic (exact) mass is 241 g/mol. The molecule has 3 aliphatic rings. The number of hydrogen-bond acceptors (Lipinski definition) is 1. The van der Waals surface area contributed by atoms with E-state index in [-0.39, 0.29) is 5.92 Å². The summed E-state index contributed by atoms with van der Waals surface area (Å²) in [7, 11) is 1.94. The van der Waals surface area contributed by atoms with E-state index in [1.807, 2.05) is 18.0 Å². The smallest absolute Gasteiger partial charge is 0.230 e. The van der Waals surface area contributed by atoms with Crippen molar-refractivity contribution in [3.63, 3.8) is 0 Å². The maximum Gasteiger partial charge on any atom is 0.230 e. The van der Waals surface area contributed by atoms with Crippen LogP contribution in [0.3, 0.4) is 0 Å². The molecule has 0 spiro atoms. The lowest BCUT2D eigenvalue weighted by Gasteiger charge is -2.57. The Bertz CT molecular complexity index is 510. The average Bonchev–Trinajstić information content (AvgIpc) is 2.39. The average molecular weight is 241 g/mol. The van der Waals surface area contributed by atoms with Gasteiger partial charge in [0.15, 0.2) is 0 Å². The molecule has 4 atom stereocenters. The highest BCUT2D eigenvalue weighted by molar-refractivity contribution is 5.99. The highest BCUT2D eigenvalue weighted by atomic mass is 16.2. The van der Waals surface area contributed by atoms with Crippen molar-refractivity contribution in [3.8, 4) is 0 Å². The van der Waals surface area contributed by atoms with E-state index in [9.17, 15) is 4.79 Å². The van der Waals surface area contributed by atoms with Crippen molar-refractivity contribution in [1.82, 2.24) is 0 Å². The van der Waals surface area contributed by atoms with Crippen LogP contribution in [0.1, 0.15) is 37.2 Å². The fourth-order valence-electron chi connectivity index (χ4n) is 4.65. The first-order valence-corrected chi connectivity index (χ1v) is 7.15. The van der Waals surface area contributed by atoms with Crippen LogP contribution in [0, 0.1) is 17.8 Å². The second-order valence-electron chi connectivity index (χ2n) is 6.12. The van der Waals surface area contributed by atoms with Crippen molar-refractivity contribution in [2.45, 2.75) is 31.6 Å². The summed E-state index contributed by atoms with van der Waals surface area (Å²) in [5, 5.41) is 0. The van der Waals surface area contributed by atoms with Gasteiger partial charge in [-0.2, -0.15) is 0 Å². The van der Waals surface area contributed by atoms with Gasteiger partial charge in [-0.15, -0.1) is 0 Å². The van der Waals surface area contributed by atoms with E-state index in [1.165, 1.54) is 31.2 Å². The predicted octanol–water partition coefficient (Wildman–Crippen LogP) is 3.18. The van der Waals surface area contributed by atoms with E-state index in [0.29, 0.717) is 17.7 Å². The van der Waals surface area contributed by atoms with Crippen molar-refractivity contribution >= 4 is 11.6 Å². The summed E-state index contributed by atoms with van der Waals surface area (Å²) in [6, 6.07) is 8.50. The molecule has 4 rings (SSSR count). The summed E-state index contributed by atoms with van der Waals surface area (Å²) in [5.74, 6) is 2.63. The third-order valence-electron chi connectivity index (χ3n) is 5.46. The summed E-state index contributed by atoms with van der Waals surface area (Å²) in [6.45, 7) is 0. The van der Waals surface area contributed by atoms with E-state index >= 15 is 0 Å².